The fourth-order valence-corrected chi connectivity index (χ4v) is 1.52. The molecule has 4 nitrogen and oxygen atoms in total. The lowest BCUT2D eigenvalue weighted by Crippen LogP contribution is -2.24. The third-order valence-electron chi connectivity index (χ3n) is 1.04. The van der Waals surface area contributed by atoms with Gasteiger partial charge < -0.3 is 13.6 Å². The molecular weight excluding hydrogens is 176 g/mol. The summed E-state index contributed by atoms with van der Waals surface area (Å²) in [4.78, 5) is 10.5. The van der Waals surface area contributed by atoms with Gasteiger partial charge in [-0.05, 0) is 5.70 Å². The van der Waals surface area contributed by atoms with E-state index in [1.807, 2.05) is 0 Å². The van der Waals surface area contributed by atoms with Gasteiger partial charge in [0.05, 0.1) is 13.2 Å². The minimum Gasteiger partial charge on any atom is -0.493 e. The molecule has 0 aliphatic rings. The van der Waals surface area contributed by atoms with Gasteiger partial charge in [0.1, 0.15) is 0 Å². The molecule has 12 heavy (non-hydrogen) atoms. The fourth-order valence-electron chi connectivity index (χ4n) is 0.561. The Morgan fingerprint density at radius 2 is 2.25 bits per heavy atom. The van der Waals surface area contributed by atoms with Gasteiger partial charge in [-0.1, -0.05) is 0 Å². The molecule has 0 spiro atoms. The predicted molar refractivity (Wildman–Crippen MR) is 46.9 cm³/mol. The monoisotopic (exact) mass is 190 g/mol. The van der Waals surface area contributed by atoms with Crippen LogP contribution in [-0.2, 0) is 18.4 Å². The third kappa shape index (κ3) is 6.08. The zero-order chi connectivity index (χ0) is 9.40. The largest absolute Gasteiger partial charge is 0.493 e. The molecule has 1 unspecified atom stereocenters. The number of carbonyl (C=O) groups excluding carboxylic acids is 1. The summed E-state index contributed by atoms with van der Waals surface area (Å²) in [5.74, 6) is -0.330. The molecule has 0 N–H and O–H groups in total. The van der Waals surface area contributed by atoms with E-state index in [2.05, 4.69) is 6.58 Å². The summed E-state index contributed by atoms with van der Waals surface area (Å²) in [5, 5.41) is 0. The summed E-state index contributed by atoms with van der Waals surface area (Å²) < 4.78 is 14.8. The molecule has 0 fully saturated rings. The highest BCUT2D eigenvalue weighted by molar-refractivity contribution is 6.52. The van der Waals surface area contributed by atoms with E-state index in [4.69, 9.17) is 13.6 Å². The standard InChI is InChI=1S/C7H14O4Si/c1-4-12(11-7(2)8)10-6-5-9-3/h4,12H,1,5-6H2,2-3H3. The summed E-state index contributed by atoms with van der Waals surface area (Å²) in [6, 6.07) is 0. The van der Waals surface area contributed by atoms with Crippen molar-refractivity contribution >= 4 is 15.3 Å². The molecule has 5 heteroatoms. The number of carbonyl (C=O) groups is 1. The smallest absolute Gasteiger partial charge is 0.411 e. The second-order valence-corrected chi connectivity index (χ2v) is 3.85. The third-order valence-corrected chi connectivity index (χ3v) is 2.56. The summed E-state index contributed by atoms with van der Waals surface area (Å²) in [7, 11) is -0.385. The Morgan fingerprint density at radius 1 is 1.58 bits per heavy atom. The van der Waals surface area contributed by atoms with E-state index in [-0.39, 0.29) is 5.97 Å². The molecule has 0 aliphatic heterocycles. The number of hydrogen-bond donors (Lipinski definition) is 0. The van der Waals surface area contributed by atoms with E-state index in [0.717, 1.165) is 0 Å². The maximum atomic E-state index is 10.5. The van der Waals surface area contributed by atoms with Crippen LogP contribution in [0, 0.1) is 0 Å². The Balaban J connectivity index is 3.53. The van der Waals surface area contributed by atoms with E-state index < -0.39 is 9.28 Å². The van der Waals surface area contributed by atoms with Crippen molar-refractivity contribution in [2.75, 3.05) is 20.3 Å². The molecule has 0 radical (unpaired) electrons. The highest BCUT2D eigenvalue weighted by Gasteiger charge is 2.10. The molecule has 0 rings (SSSR count). The second kappa shape index (κ2) is 7.02. The highest BCUT2D eigenvalue weighted by Crippen LogP contribution is 1.91. The average Bonchev–Trinajstić information content (AvgIpc) is 2.02. The number of ether oxygens (including phenoxy) is 1. The maximum Gasteiger partial charge on any atom is 0.411 e. The molecule has 70 valence electrons. The maximum absolute atomic E-state index is 10.5. The van der Waals surface area contributed by atoms with Gasteiger partial charge in [-0.15, -0.1) is 6.58 Å². The topological polar surface area (TPSA) is 44.8 Å². The lowest BCUT2D eigenvalue weighted by molar-refractivity contribution is -0.133. The van der Waals surface area contributed by atoms with Crippen molar-refractivity contribution in [1.29, 1.82) is 0 Å². The van der Waals surface area contributed by atoms with Crippen molar-refractivity contribution in [3.05, 3.63) is 12.3 Å². The van der Waals surface area contributed by atoms with Crippen LogP contribution in [0.15, 0.2) is 12.3 Å². The van der Waals surface area contributed by atoms with Crippen LogP contribution in [0.25, 0.3) is 0 Å². The van der Waals surface area contributed by atoms with Crippen LogP contribution in [0.4, 0.5) is 0 Å². The van der Waals surface area contributed by atoms with Gasteiger partial charge in [-0.25, -0.2) is 0 Å². The first-order valence-corrected chi connectivity index (χ1v) is 5.22. The Hall–Kier alpha value is -0.653. The zero-order valence-electron chi connectivity index (χ0n) is 7.41. The minimum absolute atomic E-state index is 0.330. The SMILES string of the molecule is C=C[SiH](OCCOC)OC(C)=O. The predicted octanol–water partition coefficient (Wildman–Crippen LogP) is 0.158. The summed E-state index contributed by atoms with van der Waals surface area (Å²) in [6.07, 6.45) is 0. The van der Waals surface area contributed by atoms with E-state index >= 15 is 0 Å². The van der Waals surface area contributed by atoms with Crippen molar-refractivity contribution < 1.29 is 18.4 Å². The Morgan fingerprint density at radius 3 is 2.67 bits per heavy atom. The van der Waals surface area contributed by atoms with Gasteiger partial charge in [0.2, 0.25) is 0 Å². The molecule has 0 amide bonds. The van der Waals surface area contributed by atoms with E-state index in [1.54, 1.807) is 12.8 Å². The van der Waals surface area contributed by atoms with Gasteiger partial charge in [-0.3, -0.25) is 4.79 Å². The van der Waals surface area contributed by atoms with Crippen LogP contribution in [-0.4, -0.2) is 35.6 Å². The molecule has 1 atom stereocenters. The lowest BCUT2D eigenvalue weighted by atomic mass is 10.8. The fraction of sp³-hybridized carbons (Fsp3) is 0.571. The van der Waals surface area contributed by atoms with E-state index in [1.165, 1.54) is 6.92 Å². The Kier molecular flexibility index (Phi) is 6.64. The van der Waals surface area contributed by atoms with Crippen LogP contribution in [0.1, 0.15) is 6.92 Å². The molecule has 0 saturated heterocycles. The molecule has 0 aromatic heterocycles. The summed E-state index contributed by atoms with van der Waals surface area (Å²) >= 11 is 0. The Bertz CT molecular complexity index is 148. The molecule has 0 bridgehead atoms. The molecular formula is C7H14O4Si. The molecule has 0 saturated carbocycles. The van der Waals surface area contributed by atoms with Gasteiger partial charge in [-0.2, -0.15) is 0 Å². The first-order valence-electron chi connectivity index (χ1n) is 3.61. The first-order chi connectivity index (χ1) is 5.70. The van der Waals surface area contributed by atoms with Crippen molar-refractivity contribution in [2.45, 2.75) is 6.92 Å². The van der Waals surface area contributed by atoms with E-state index in [9.17, 15) is 4.79 Å². The van der Waals surface area contributed by atoms with Crippen LogP contribution < -0.4 is 0 Å². The van der Waals surface area contributed by atoms with E-state index in [0.29, 0.717) is 13.2 Å². The van der Waals surface area contributed by atoms with Crippen molar-refractivity contribution in [3.63, 3.8) is 0 Å². The highest BCUT2D eigenvalue weighted by atomic mass is 28.3. The van der Waals surface area contributed by atoms with Crippen molar-refractivity contribution in [2.24, 2.45) is 0 Å². The lowest BCUT2D eigenvalue weighted by Gasteiger charge is -2.10. The average molecular weight is 190 g/mol. The quantitative estimate of drug-likeness (QED) is 0.442. The van der Waals surface area contributed by atoms with Gasteiger partial charge in [0.25, 0.3) is 5.97 Å². The summed E-state index contributed by atoms with van der Waals surface area (Å²) in [6.45, 7) is 5.80. The van der Waals surface area contributed by atoms with Crippen LogP contribution in [0.5, 0.6) is 0 Å². The minimum atomic E-state index is -1.97. The van der Waals surface area contributed by atoms with Crippen LogP contribution in [0.2, 0.25) is 0 Å². The molecule has 0 aromatic carbocycles. The molecule has 0 aromatic rings. The number of hydrogen-bond acceptors (Lipinski definition) is 4. The van der Waals surface area contributed by atoms with Crippen molar-refractivity contribution in [1.82, 2.24) is 0 Å². The number of methoxy groups -OCH3 is 1. The summed E-state index contributed by atoms with van der Waals surface area (Å²) in [5.41, 5.74) is 1.55. The van der Waals surface area contributed by atoms with Gasteiger partial charge >= 0.3 is 9.28 Å². The number of rotatable bonds is 6. The van der Waals surface area contributed by atoms with Crippen LogP contribution >= 0.6 is 0 Å². The van der Waals surface area contributed by atoms with Gasteiger partial charge in [0, 0.05) is 14.0 Å². The van der Waals surface area contributed by atoms with Gasteiger partial charge in [0.15, 0.2) is 0 Å². The molecule has 0 aliphatic carbocycles. The normalized spacial score (nSPS) is 12.2. The molecule has 0 heterocycles. The first kappa shape index (κ1) is 11.3. The second-order valence-electron chi connectivity index (χ2n) is 2.08. The zero-order valence-corrected chi connectivity index (χ0v) is 8.56. The van der Waals surface area contributed by atoms with Crippen molar-refractivity contribution in [3.8, 4) is 0 Å². The Labute approximate surface area is 74.0 Å². The van der Waals surface area contributed by atoms with Crippen LogP contribution in [0.3, 0.4) is 0 Å².